The first-order chi connectivity index (χ1) is 18.9. The van der Waals surface area contributed by atoms with Crippen LogP contribution in [-0.4, -0.2) is 43.7 Å². The Hall–Kier alpha value is -4.50. The highest BCUT2D eigenvalue weighted by molar-refractivity contribution is 6.04. The van der Waals surface area contributed by atoms with Gasteiger partial charge in [0.1, 0.15) is 11.5 Å². The maximum absolute atomic E-state index is 13.3. The number of nitrogens with zero attached hydrogens (tertiary/aromatic N) is 2. The van der Waals surface area contributed by atoms with Gasteiger partial charge in [0.05, 0.1) is 5.56 Å². The number of unbranched alkanes of at least 4 members (excludes halogenated alkanes) is 1. The molecule has 4 rings (SSSR count). The van der Waals surface area contributed by atoms with E-state index in [-0.39, 0.29) is 17.7 Å². The molecule has 0 saturated heterocycles. The van der Waals surface area contributed by atoms with Crippen molar-refractivity contribution in [1.82, 2.24) is 20.3 Å². The van der Waals surface area contributed by atoms with Gasteiger partial charge < -0.3 is 15.0 Å². The van der Waals surface area contributed by atoms with Gasteiger partial charge in [-0.15, -0.1) is 0 Å². The number of fused-ring (bicyclic) bond motifs is 1. The molecule has 0 bridgehead atoms. The van der Waals surface area contributed by atoms with E-state index in [1.165, 1.54) is 0 Å². The van der Waals surface area contributed by atoms with Crippen LogP contribution in [0.4, 0.5) is 0 Å². The quantitative estimate of drug-likeness (QED) is 0.159. The molecule has 1 heterocycles. The Balaban J connectivity index is 1.61. The first-order valence-corrected chi connectivity index (χ1v) is 13.0. The van der Waals surface area contributed by atoms with Crippen LogP contribution in [0.3, 0.4) is 0 Å². The molecule has 3 aromatic carbocycles. The van der Waals surface area contributed by atoms with Gasteiger partial charge in [0.15, 0.2) is 0 Å². The Labute approximate surface area is 226 Å². The van der Waals surface area contributed by atoms with Crippen molar-refractivity contribution in [2.24, 2.45) is 0 Å². The van der Waals surface area contributed by atoms with E-state index < -0.39 is 23.8 Å². The minimum Gasteiger partial charge on any atom is -0.478 e. The van der Waals surface area contributed by atoms with Gasteiger partial charge in [-0.2, -0.15) is 0 Å². The summed E-state index contributed by atoms with van der Waals surface area (Å²) in [5.41, 5.74) is 3.97. The second-order valence-electron chi connectivity index (χ2n) is 9.50. The van der Waals surface area contributed by atoms with E-state index in [9.17, 15) is 19.5 Å². The lowest BCUT2D eigenvalue weighted by Gasteiger charge is -2.17. The Bertz CT molecular complexity index is 1470. The summed E-state index contributed by atoms with van der Waals surface area (Å²) in [5, 5.41) is 23.0. The largest absolute Gasteiger partial charge is 0.478 e. The summed E-state index contributed by atoms with van der Waals surface area (Å²) in [5.74, 6) is -1.24. The number of aromatic carboxylic acids is 1. The minimum absolute atomic E-state index is 0.0948. The zero-order valence-corrected chi connectivity index (χ0v) is 21.8. The highest BCUT2D eigenvalue weighted by Gasteiger charge is 2.21. The SMILES string of the molecule is CCCCc1nc(C(=O)N[C@@H](CC(=O)NO)Cc2ccccc2)cn1Cc1ccc(C(=O)O)c2ccccc12. The predicted octanol–water partition coefficient (Wildman–Crippen LogP) is 4.36. The molecule has 0 aliphatic heterocycles. The van der Waals surface area contributed by atoms with Gasteiger partial charge in [-0.1, -0.05) is 74.0 Å². The molecule has 0 aliphatic rings. The lowest BCUT2D eigenvalue weighted by atomic mass is 9.99. The molecular weight excluding hydrogens is 496 g/mol. The smallest absolute Gasteiger partial charge is 0.336 e. The first kappa shape index (κ1) is 27.5. The van der Waals surface area contributed by atoms with Crippen LogP contribution in [0.5, 0.6) is 0 Å². The number of benzene rings is 3. The average molecular weight is 529 g/mol. The third kappa shape index (κ3) is 6.88. The Morgan fingerprint density at radius 3 is 2.38 bits per heavy atom. The summed E-state index contributed by atoms with van der Waals surface area (Å²) in [6.45, 7) is 2.50. The van der Waals surface area contributed by atoms with Crippen molar-refractivity contribution in [2.75, 3.05) is 0 Å². The molecular formula is C30H32N4O5. The summed E-state index contributed by atoms with van der Waals surface area (Å²) < 4.78 is 1.93. The van der Waals surface area contributed by atoms with Crippen molar-refractivity contribution in [3.63, 3.8) is 0 Å². The summed E-state index contributed by atoms with van der Waals surface area (Å²) in [4.78, 5) is 41.6. The standard InChI is InChI=1S/C30H32N4O5/c1-2-3-13-27-32-26(29(36)31-22(17-28(35)33-39)16-20-9-5-4-6-10-20)19-34(27)18-21-14-15-25(30(37)38)24-12-8-7-11-23(21)24/h4-12,14-15,19,22,39H,2-3,13,16-18H2,1H3,(H,31,36)(H,33,35)(H,37,38)/t22-/m1/s1. The van der Waals surface area contributed by atoms with E-state index in [4.69, 9.17) is 5.21 Å². The third-order valence-electron chi connectivity index (χ3n) is 6.65. The summed E-state index contributed by atoms with van der Waals surface area (Å²) in [7, 11) is 0. The summed E-state index contributed by atoms with van der Waals surface area (Å²) >= 11 is 0. The molecule has 0 radical (unpaired) electrons. The van der Waals surface area contributed by atoms with Crippen LogP contribution in [0, 0.1) is 0 Å². The number of carbonyl (C=O) groups excluding carboxylic acids is 2. The van der Waals surface area contributed by atoms with Crippen LogP contribution in [0.15, 0.2) is 72.9 Å². The fraction of sp³-hybridized carbons (Fsp3) is 0.267. The Morgan fingerprint density at radius 2 is 1.69 bits per heavy atom. The number of carboxylic acid groups (broad SMARTS) is 1. The van der Waals surface area contributed by atoms with Gasteiger partial charge in [-0.05, 0) is 40.8 Å². The van der Waals surface area contributed by atoms with E-state index in [0.717, 1.165) is 35.2 Å². The highest BCUT2D eigenvalue weighted by Crippen LogP contribution is 2.25. The van der Waals surface area contributed by atoms with E-state index in [0.29, 0.717) is 24.8 Å². The second-order valence-corrected chi connectivity index (χ2v) is 9.50. The molecule has 0 spiro atoms. The van der Waals surface area contributed by atoms with Crippen molar-refractivity contribution in [3.8, 4) is 0 Å². The fourth-order valence-corrected chi connectivity index (χ4v) is 4.71. The topological polar surface area (TPSA) is 134 Å². The average Bonchev–Trinajstić information content (AvgIpc) is 3.35. The number of rotatable bonds is 12. The summed E-state index contributed by atoms with van der Waals surface area (Å²) in [6.07, 6.45) is 4.54. The molecule has 0 saturated carbocycles. The van der Waals surface area contributed by atoms with Crippen LogP contribution in [0.1, 0.15) is 64.0 Å². The van der Waals surface area contributed by atoms with Crippen molar-refractivity contribution >= 4 is 28.6 Å². The van der Waals surface area contributed by atoms with Crippen LogP contribution >= 0.6 is 0 Å². The maximum Gasteiger partial charge on any atom is 0.336 e. The van der Waals surface area contributed by atoms with Crippen molar-refractivity contribution in [1.29, 1.82) is 0 Å². The number of carboxylic acids is 1. The molecule has 39 heavy (non-hydrogen) atoms. The molecule has 4 aromatic rings. The van der Waals surface area contributed by atoms with E-state index in [1.807, 2.05) is 53.1 Å². The number of hydrogen-bond acceptors (Lipinski definition) is 5. The number of amides is 2. The zero-order chi connectivity index (χ0) is 27.8. The van der Waals surface area contributed by atoms with Gasteiger partial charge in [-0.3, -0.25) is 14.8 Å². The molecule has 4 N–H and O–H groups in total. The summed E-state index contributed by atoms with van der Waals surface area (Å²) in [6, 6.07) is 19.7. The molecule has 0 aliphatic carbocycles. The molecule has 1 aromatic heterocycles. The monoisotopic (exact) mass is 528 g/mol. The normalized spacial score (nSPS) is 11.7. The number of carbonyl (C=O) groups is 3. The van der Waals surface area contributed by atoms with Crippen molar-refractivity contribution < 1.29 is 24.7 Å². The van der Waals surface area contributed by atoms with Crippen molar-refractivity contribution in [3.05, 3.63) is 101 Å². The van der Waals surface area contributed by atoms with Gasteiger partial charge >= 0.3 is 5.97 Å². The number of imidazole rings is 1. The molecule has 9 heteroatoms. The second kappa shape index (κ2) is 12.8. The number of hydroxylamine groups is 1. The van der Waals surface area contributed by atoms with E-state index in [2.05, 4.69) is 17.2 Å². The number of hydrogen-bond donors (Lipinski definition) is 4. The highest BCUT2D eigenvalue weighted by atomic mass is 16.5. The molecule has 0 unspecified atom stereocenters. The molecule has 9 nitrogen and oxygen atoms in total. The zero-order valence-electron chi connectivity index (χ0n) is 21.8. The van der Waals surface area contributed by atoms with Crippen molar-refractivity contribution in [2.45, 2.75) is 51.6 Å². The van der Waals surface area contributed by atoms with Gasteiger partial charge in [0.2, 0.25) is 5.91 Å². The van der Waals surface area contributed by atoms with Gasteiger partial charge in [0.25, 0.3) is 5.91 Å². The molecule has 0 fully saturated rings. The maximum atomic E-state index is 13.3. The van der Waals surface area contributed by atoms with Crippen LogP contribution < -0.4 is 10.8 Å². The van der Waals surface area contributed by atoms with Crippen LogP contribution in [-0.2, 0) is 24.2 Å². The lowest BCUT2D eigenvalue weighted by molar-refractivity contribution is -0.129. The Morgan fingerprint density at radius 1 is 0.974 bits per heavy atom. The number of aromatic nitrogens is 2. The van der Waals surface area contributed by atoms with E-state index >= 15 is 0 Å². The van der Waals surface area contributed by atoms with Gasteiger partial charge in [0, 0.05) is 31.6 Å². The Kier molecular flexibility index (Phi) is 9.06. The predicted molar refractivity (Wildman–Crippen MR) is 147 cm³/mol. The number of nitrogens with one attached hydrogen (secondary N) is 2. The van der Waals surface area contributed by atoms with Crippen LogP contribution in [0.2, 0.25) is 0 Å². The molecule has 1 atom stereocenters. The molecule has 2 amide bonds. The number of aryl methyl sites for hydroxylation is 1. The van der Waals surface area contributed by atoms with E-state index in [1.54, 1.807) is 29.9 Å². The lowest BCUT2D eigenvalue weighted by Crippen LogP contribution is -2.40. The van der Waals surface area contributed by atoms with Crippen LogP contribution in [0.25, 0.3) is 10.8 Å². The van der Waals surface area contributed by atoms with Gasteiger partial charge in [-0.25, -0.2) is 15.3 Å². The minimum atomic E-state index is -0.983. The first-order valence-electron chi connectivity index (χ1n) is 13.0. The fourth-order valence-electron chi connectivity index (χ4n) is 4.71. The third-order valence-corrected chi connectivity index (χ3v) is 6.65. The molecule has 202 valence electrons.